The van der Waals surface area contributed by atoms with Crippen molar-refractivity contribution in [2.45, 2.75) is 32.7 Å². The summed E-state index contributed by atoms with van der Waals surface area (Å²) in [6, 6.07) is 21.7. The second-order valence-electron chi connectivity index (χ2n) is 8.35. The standard InChI is InChI=1S/C28H23ClFN3O/c1-3-26(34)33-25(20-11-7-8-12-22(20)30)16-24(32-33)27-17(2)31-23-14-13-19(29)15-21(23)28(27)18-9-5-4-6-10-18/h4-15,25H,3,16H2,1-2H3. The molecule has 1 unspecified atom stereocenters. The van der Waals surface area contributed by atoms with E-state index in [1.807, 2.05) is 55.5 Å². The lowest BCUT2D eigenvalue weighted by atomic mass is 9.89. The smallest absolute Gasteiger partial charge is 0.242 e. The zero-order valence-corrected chi connectivity index (χ0v) is 19.7. The van der Waals surface area contributed by atoms with E-state index in [9.17, 15) is 9.18 Å². The highest BCUT2D eigenvalue weighted by molar-refractivity contribution is 6.31. The molecule has 1 aliphatic heterocycles. The maximum Gasteiger partial charge on any atom is 0.242 e. The SMILES string of the molecule is CCC(=O)N1N=C(c2c(C)nc3ccc(Cl)cc3c2-c2ccccc2)CC1c1ccccc1F. The van der Waals surface area contributed by atoms with Gasteiger partial charge in [-0.2, -0.15) is 5.10 Å². The topological polar surface area (TPSA) is 45.6 Å². The molecule has 1 atom stereocenters. The van der Waals surface area contributed by atoms with Gasteiger partial charge in [0.05, 0.1) is 17.3 Å². The Kier molecular flexibility index (Phi) is 5.88. The average molecular weight is 472 g/mol. The third-order valence-corrected chi connectivity index (χ3v) is 6.45. The quantitative estimate of drug-likeness (QED) is 0.319. The Hall–Kier alpha value is -3.57. The summed E-state index contributed by atoms with van der Waals surface area (Å²) < 4.78 is 14.8. The molecule has 0 spiro atoms. The molecule has 1 amide bonds. The van der Waals surface area contributed by atoms with E-state index >= 15 is 0 Å². The number of carbonyl (C=O) groups is 1. The van der Waals surface area contributed by atoms with Gasteiger partial charge in [-0.3, -0.25) is 9.78 Å². The first-order chi connectivity index (χ1) is 16.5. The molecule has 0 fully saturated rings. The molecule has 34 heavy (non-hydrogen) atoms. The van der Waals surface area contributed by atoms with E-state index in [4.69, 9.17) is 21.7 Å². The minimum Gasteiger partial charge on any atom is -0.273 e. The fraction of sp³-hybridized carbons (Fsp3) is 0.179. The van der Waals surface area contributed by atoms with E-state index in [-0.39, 0.29) is 18.1 Å². The first-order valence-corrected chi connectivity index (χ1v) is 11.6. The van der Waals surface area contributed by atoms with E-state index in [1.165, 1.54) is 11.1 Å². The molecular weight excluding hydrogens is 449 g/mol. The Morgan fingerprint density at radius 1 is 1.06 bits per heavy atom. The van der Waals surface area contributed by atoms with Gasteiger partial charge >= 0.3 is 0 Å². The van der Waals surface area contributed by atoms with Gasteiger partial charge in [0.25, 0.3) is 0 Å². The number of halogens is 2. The number of benzene rings is 3. The Bertz CT molecular complexity index is 1430. The Morgan fingerprint density at radius 3 is 2.53 bits per heavy atom. The molecule has 0 saturated carbocycles. The molecule has 4 aromatic rings. The number of hydrogen-bond donors (Lipinski definition) is 0. The number of amides is 1. The molecule has 1 aliphatic rings. The van der Waals surface area contributed by atoms with Gasteiger partial charge in [-0.15, -0.1) is 0 Å². The molecule has 3 aromatic carbocycles. The van der Waals surface area contributed by atoms with Crippen molar-refractivity contribution in [3.05, 3.63) is 100 Å². The third kappa shape index (κ3) is 3.86. The second-order valence-corrected chi connectivity index (χ2v) is 8.79. The van der Waals surface area contributed by atoms with Crippen LogP contribution in [0.4, 0.5) is 4.39 Å². The van der Waals surface area contributed by atoms with Crippen molar-refractivity contribution >= 4 is 34.1 Å². The predicted octanol–water partition coefficient (Wildman–Crippen LogP) is 7.09. The highest BCUT2D eigenvalue weighted by Crippen LogP contribution is 2.40. The average Bonchev–Trinajstić information content (AvgIpc) is 3.28. The molecule has 0 N–H and O–H groups in total. The van der Waals surface area contributed by atoms with Crippen molar-refractivity contribution < 1.29 is 9.18 Å². The molecule has 0 radical (unpaired) electrons. The maximum atomic E-state index is 14.8. The Morgan fingerprint density at radius 2 is 1.79 bits per heavy atom. The lowest BCUT2D eigenvalue weighted by Gasteiger charge is -2.21. The fourth-order valence-corrected chi connectivity index (χ4v) is 4.83. The number of fused-ring (bicyclic) bond motifs is 1. The monoisotopic (exact) mass is 471 g/mol. The van der Waals surface area contributed by atoms with Crippen molar-refractivity contribution in [3.8, 4) is 11.1 Å². The Balaban J connectivity index is 1.75. The van der Waals surface area contributed by atoms with Gasteiger partial charge in [0, 0.05) is 45.6 Å². The molecular formula is C28H23ClFN3O. The lowest BCUT2D eigenvalue weighted by Crippen LogP contribution is -2.26. The van der Waals surface area contributed by atoms with Crippen LogP contribution in [0.25, 0.3) is 22.0 Å². The molecule has 0 bridgehead atoms. The van der Waals surface area contributed by atoms with E-state index in [1.54, 1.807) is 25.1 Å². The molecule has 6 heteroatoms. The van der Waals surface area contributed by atoms with Crippen LogP contribution in [0.5, 0.6) is 0 Å². The van der Waals surface area contributed by atoms with E-state index in [2.05, 4.69) is 0 Å². The van der Waals surface area contributed by atoms with Gasteiger partial charge in [-0.1, -0.05) is 67.1 Å². The highest BCUT2D eigenvalue weighted by Gasteiger charge is 2.35. The molecule has 170 valence electrons. The minimum absolute atomic E-state index is 0.154. The van der Waals surface area contributed by atoms with Crippen LogP contribution < -0.4 is 0 Å². The first-order valence-electron chi connectivity index (χ1n) is 11.3. The van der Waals surface area contributed by atoms with Crippen molar-refractivity contribution in [1.29, 1.82) is 0 Å². The van der Waals surface area contributed by atoms with Crippen LogP contribution in [0.2, 0.25) is 5.02 Å². The van der Waals surface area contributed by atoms with Crippen LogP contribution in [-0.2, 0) is 4.79 Å². The van der Waals surface area contributed by atoms with Gasteiger partial charge in [0.2, 0.25) is 5.91 Å². The van der Waals surface area contributed by atoms with Gasteiger partial charge in [0.15, 0.2) is 0 Å². The van der Waals surface area contributed by atoms with Crippen LogP contribution in [0.15, 0.2) is 77.9 Å². The van der Waals surface area contributed by atoms with Crippen LogP contribution in [0, 0.1) is 12.7 Å². The summed E-state index contributed by atoms with van der Waals surface area (Å²) in [4.78, 5) is 17.7. The van der Waals surface area contributed by atoms with Crippen LogP contribution in [-0.4, -0.2) is 21.6 Å². The zero-order chi connectivity index (χ0) is 23.8. The lowest BCUT2D eigenvalue weighted by molar-refractivity contribution is -0.132. The number of nitrogens with zero attached hydrogens (tertiary/aromatic N) is 3. The molecule has 4 nitrogen and oxygen atoms in total. The number of aromatic nitrogens is 1. The number of aryl methyl sites for hydroxylation is 1. The summed E-state index contributed by atoms with van der Waals surface area (Å²) in [5, 5.41) is 7.72. The van der Waals surface area contributed by atoms with Crippen molar-refractivity contribution in [1.82, 2.24) is 9.99 Å². The zero-order valence-electron chi connectivity index (χ0n) is 18.9. The molecule has 2 heterocycles. The van der Waals surface area contributed by atoms with Gasteiger partial charge in [-0.25, -0.2) is 9.40 Å². The first kappa shape index (κ1) is 22.2. The number of hydrazone groups is 1. The van der Waals surface area contributed by atoms with Crippen LogP contribution in [0.3, 0.4) is 0 Å². The van der Waals surface area contributed by atoms with E-state index in [0.29, 0.717) is 22.7 Å². The number of pyridine rings is 1. The predicted molar refractivity (Wildman–Crippen MR) is 134 cm³/mol. The molecule has 5 rings (SSSR count). The van der Waals surface area contributed by atoms with Crippen molar-refractivity contribution in [2.75, 3.05) is 0 Å². The molecule has 1 aromatic heterocycles. The second kappa shape index (κ2) is 8.99. The maximum absolute atomic E-state index is 14.8. The largest absolute Gasteiger partial charge is 0.273 e. The minimum atomic E-state index is -0.512. The van der Waals surface area contributed by atoms with Gasteiger partial charge < -0.3 is 0 Å². The van der Waals surface area contributed by atoms with Crippen LogP contribution in [0.1, 0.15) is 42.6 Å². The van der Waals surface area contributed by atoms with E-state index < -0.39 is 6.04 Å². The molecule has 0 aliphatic carbocycles. The van der Waals surface area contributed by atoms with Gasteiger partial charge in [0.1, 0.15) is 5.82 Å². The summed E-state index contributed by atoms with van der Waals surface area (Å²) in [6.07, 6.45) is 0.666. The van der Waals surface area contributed by atoms with E-state index in [0.717, 1.165) is 33.3 Å². The Labute approximate surface area is 202 Å². The third-order valence-electron chi connectivity index (χ3n) is 6.21. The summed E-state index contributed by atoms with van der Waals surface area (Å²) >= 11 is 6.38. The van der Waals surface area contributed by atoms with Crippen molar-refractivity contribution in [2.24, 2.45) is 5.10 Å². The van der Waals surface area contributed by atoms with Crippen molar-refractivity contribution in [3.63, 3.8) is 0 Å². The summed E-state index contributed by atoms with van der Waals surface area (Å²) in [5.74, 6) is -0.500. The number of rotatable bonds is 4. The summed E-state index contributed by atoms with van der Waals surface area (Å²) in [6.45, 7) is 3.73. The number of carbonyl (C=O) groups excluding carboxylic acids is 1. The highest BCUT2D eigenvalue weighted by atomic mass is 35.5. The summed E-state index contributed by atoms with van der Waals surface area (Å²) in [5.41, 5.74) is 5.61. The van der Waals surface area contributed by atoms with Crippen LogP contribution >= 0.6 is 11.6 Å². The van der Waals surface area contributed by atoms with Gasteiger partial charge in [-0.05, 0) is 36.8 Å². The summed E-state index contributed by atoms with van der Waals surface area (Å²) in [7, 11) is 0. The number of hydrogen-bond acceptors (Lipinski definition) is 3. The molecule has 0 saturated heterocycles. The normalized spacial score (nSPS) is 15.6. The fourth-order valence-electron chi connectivity index (χ4n) is 4.66.